The van der Waals surface area contributed by atoms with Crippen molar-refractivity contribution in [1.29, 1.82) is 0 Å². The van der Waals surface area contributed by atoms with Crippen LogP contribution in [0.4, 0.5) is 5.13 Å². The van der Waals surface area contributed by atoms with E-state index in [-0.39, 0.29) is 11.3 Å². The average molecular weight is 519 g/mol. The number of rotatable bonds is 3. The zero-order valence-corrected chi connectivity index (χ0v) is 20.6. The first-order chi connectivity index (χ1) is 17.4. The number of aliphatic hydroxyl groups excluding tert-OH is 1. The first-order valence-corrected chi connectivity index (χ1v) is 12.4. The number of aryl methyl sites for hydroxylation is 1. The molecule has 0 spiro atoms. The van der Waals surface area contributed by atoms with E-state index >= 15 is 0 Å². The summed E-state index contributed by atoms with van der Waals surface area (Å²) in [5.41, 5.74) is 2.72. The number of aromatic nitrogens is 1. The average Bonchev–Trinajstić information content (AvgIpc) is 3.41. The van der Waals surface area contributed by atoms with E-state index in [1.54, 1.807) is 42.5 Å². The minimum Gasteiger partial charge on any atom is -0.507 e. The number of ether oxygens (including phenoxy) is 2. The molecule has 0 radical (unpaired) electrons. The second-order valence-corrected chi connectivity index (χ2v) is 9.99. The van der Waals surface area contributed by atoms with E-state index in [1.165, 1.54) is 16.2 Å². The van der Waals surface area contributed by atoms with E-state index < -0.39 is 17.7 Å². The first-order valence-electron chi connectivity index (χ1n) is 11.2. The van der Waals surface area contributed by atoms with Gasteiger partial charge in [-0.1, -0.05) is 41.1 Å². The van der Waals surface area contributed by atoms with Crippen molar-refractivity contribution in [2.75, 3.05) is 18.1 Å². The van der Waals surface area contributed by atoms with Crippen molar-refractivity contribution >= 4 is 55.7 Å². The highest BCUT2D eigenvalue weighted by atomic mass is 35.5. The lowest BCUT2D eigenvalue weighted by atomic mass is 9.95. The van der Waals surface area contributed by atoms with Crippen molar-refractivity contribution in [3.05, 3.63) is 87.9 Å². The molecule has 0 bridgehead atoms. The molecule has 3 aromatic carbocycles. The second kappa shape index (κ2) is 8.65. The Bertz CT molecular complexity index is 1580. The molecule has 1 aromatic heterocycles. The number of anilines is 1. The molecular weight excluding hydrogens is 500 g/mol. The van der Waals surface area contributed by atoms with E-state index in [0.29, 0.717) is 46.0 Å². The number of amides is 1. The lowest BCUT2D eigenvalue weighted by Crippen LogP contribution is -2.29. The molecule has 1 saturated heterocycles. The maximum atomic E-state index is 13.4. The predicted octanol–water partition coefficient (Wildman–Crippen LogP) is 5.66. The summed E-state index contributed by atoms with van der Waals surface area (Å²) in [5, 5.41) is 12.3. The van der Waals surface area contributed by atoms with Gasteiger partial charge in [-0.25, -0.2) is 4.98 Å². The molecule has 7 nitrogen and oxygen atoms in total. The Morgan fingerprint density at radius 3 is 2.56 bits per heavy atom. The van der Waals surface area contributed by atoms with Crippen molar-refractivity contribution in [2.24, 2.45) is 0 Å². The van der Waals surface area contributed by atoms with Gasteiger partial charge in [-0.2, -0.15) is 0 Å². The minimum atomic E-state index is -0.892. The number of Topliss-reactive ketones (excluding diaryl/α,β-unsaturated/α-hetero) is 1. The molecule has 2 aliphatic heterocycles. The van der Waals surface area contributed by atoms with Crippen molar-refractivity contribution < 1.29 is 24.2 Å². The summed E-state index contributed by atoms with van der Waals surface area (Å²) < 4.78 is 12.1. The summed E-state index contributed by atoms with van der Waals surface area (Å²) in [6.45, 7) is 2.79. The number of fused-ring (bicyclic) bond motifs is 2. The van der Waals surface area contributed by atoms with E-state index in [4.69, 9.17) is 21.1 Å². The van der Waals surface area contributed by atoms with Crippen LogP contribution in [0.25, 0.3) is 16.0 Å². The van der Waals surface area contributed by atoms with E-state index in [2.05, 4.69) is 4.98 Å². The van der Waals surface area contributed by atoms with Crippen molar-refractivity contribution in [1.82, 2.24) is 4.98 Å². The Kier molecular flexibility index (Phi) is 5.43. The van der Waals surface area contributed by atoms with Crippen molar-refractivity contribution in [3.8, 4) is 11.5 Å². The third-order valence-electron chi connectivity index (χ3n) is 6.18. The number of hydrogen-bond acceptors (Lipinski definition) is 7. The first kappa shape index (κ1) is 22.6. The van der Waals surface area contributed by atoms with Crippen LogP contribution in [0.1, 0.15) is 22.7 Å². The summed E-state index contributed by atoms with van der Waals surface area (Å²) in [4.78, 5) is 32.8. The predicted molar refractivity (Wildman–Crippen MR) is 138 cm³/mol. The number of thiazole rings is 1. The number of benzene rings is 3. The Balaban J connectivity index is 1.54. The summed E-state index contributed by atoms with van der Waals surface area (Å²) in [7, 11) is 0. The van der Waals surface area contributed by atoms with Gasteiger partial charge in [0.2, 0.25) is 0 Å². The molecule has 6 rings (SSSR count). The summed E-state index contributed by atoms with van der Waals surface area (Å²) in [5.74, 6) is -0.839. The number of hydrogen-bond donors (Lipinski definition) is 1. The van der Waals surface area contributed by atoms with Crippen LogP contribution in [0, 0.1) is 6.92 Å². The normalized spacial score (nSPS) is 18.7. The van der Waals surface area contributed by atoms with Gasteiger partial charge in [-0.15, -0.1) is 0 Å². The van der Waals surface area contributed by atoms with Crippen molar-refractivity contribution in [2.45, 2.75) is 13.0 Å². The molecule has 0 aliphatic carbocycles. The van der Waals surface area contributed by atoms with Gasteiger partial charge in [0, 0.05) is 10.6 Å². The molecule has 1 fully saturated rings. The van der Waals surface area contributed by atoms with Crippen LogP contribution in [0.15, 0.2) is 66.2 Å². The Labute approximate surface area is 215 Å². The molecule has 1 amide bonds. The zero-order chi connectivity index (χ0) is 25.0. The number of halogens is 1. The molecule has 1 N–H and O–H groups in total. The van der Waals surface area contributed by atoms with Gasteiger partial charge in [0.1, 0.15) is 19.0 Å². The van der Waals surface area contributed by atoms with Crippen LogP contribution in [0.3, 0.4) is 0 Å². The van der Waals surface area contributed by atoms with Gasteiger partial charge in [0.05, 0.1) is 21.8 Å². The SMILES string of the molecule is Cc1ccc2nc(N3C(=O)C(=O)C(=C(O)c4ccc5c(c4)OCCO5)[C@H]3c3ccc(Cl)cc3)sc2c1. The van der Waals surface area contributed by atoms with E-state index in [9.17, 15) is 14.7 Å². The fourth-order valence-corrected chi connectivity index (χ4v) is 5.68. The van der Waals surface area contributed by atoms with Crippen LogP contribution >= 0.6 is 22.9 Å². The van der Waals surface area contributed by atoms with Crippen molar-refractivity contribution in [3.63, 3.8) is 0 Å². The molecule has 9 heteroatoms. The highest BCUT2D eigenvalue weighted by Gasteiger charge is 2.48. The third kappa shape index (κ3) is 3.70. The Morgan fingerprint density at radius 2 is 1.78 bits per heavy atom. The van der Waals surface area contributed by atoms with Crippen LogP contribution in [-0.2, 0) is 9.59 Å². The number of ketones is 1. The van der Waals surface area contributed by atoms with Crippen LogP contribution in [0.5, 0.6) is 11.5 Å². The summed E-state index contributed by atoms with van der Waals surface area (Å²) in [6, 6.07) is 16.7. The Hall–Kier alpha value is -3.88. The summed E-state index contributed by atoms with van der Waals surface area (Å²) >= 11 is 7.43. The smallest absolute Gasteiger partial charge is 0.301 e. The lowest BCUT2D eigenvalue weighted by Gasteiger charge is -2.23. The molecule has 2 aliphatic rings. The maximum absolute atomic E-state index is 13.4. The van der Waals surface area contributed by atoms with Gasteiger partial charge in [-0.05, 0) is 60.5 Å². The van der Waals surface area contributed by atoms with Gasteiger partial charge in [-0.3, -0.25) is 14.5 Å². The largest absolute Gasteiger partial charge is 0.507 e. The topological polar surface area (TPSA) is 89.0 Å². The van der Waals surface area contributed by atoms with E-state index in [0.717, 1.165) is 15.8 Å². The molecule has 1 atom stereocenters. The van der Waals surface area contributed by atoms with E-state index in [1.807, 2.05) is 25.1 Å². The number of nitrogens with zero attached hydrogens (tertiary/aromatic N) is 2. The fraction of sp³-hybridized carbons (Fsp3) is 0.148. The number of carbonyl (C=O) groups is 2. The van der Waals surface area contributed by atoms with Gasteiger partial charge >= 0.3 is 5.91 Å². The van der Waals surface area contributed by atoms with Crippen LogP contribution in [0.2, 0.25) is 5.02 Å². The Morgan fingerprint density at radius 1 is 1.03 bits per heavy atom. The molecule has 0 saturated carbocycles. The fourth-order valence-electron chi connectivity index (χ4n) is 4.46. The third-order valence-corrected chi connectivity index (χ3v) is 7.45. The number of carbonyl (C=O) groups excluding carboxylic acids is 2. The van der Waals surface area contributed by atoms with Crippen LogP contribution in [-0.4, -0.2) is 35.0 Å². The van der Waals surface area contributed by atoms with Gasteiger partial charge in [0.15, 0.2) is 16.6 Å². The minimum absolute atomic E-state index is 0.0329. The monoisotopic (exact) mass is 518 g/mol. The highest BCUT2D eigenvalue weighted by molar-refractivity contribution is 7.22. The molecular formula is C27H19ClN2O5S. The molecule has 4 aromatic rings. The molecule has 36 heavy (non-hydrogen) atoms. The maximum Gasteiger partial charge on any atom is 0.301 e. The quantitative estimate of drug-likeness (QED) is 0.214. The van der Waals surface area contributed by atoms with Crippen LogP contribution < -0.4 is 14.4 Å². The molecule has 0 unspecified atom stereocenters. The standard InChI is InChI=1S/C27H19ClN2O5S/c1-14-2-8-18-21(12-14)36-27(29-18)30-23(15-3-6-17(28)7-4-15)22(25(32)26(30)33)24(31)16-5-9-19-20(13-16)35-11-10-34-19/h2-9,12-13,23,31H,10-11H2,1H3/t23-/m1/s1. The second-order valence-electron chi connectivity index (χ2n) is 8.55. The van der Waals surface area contributed by atoms with Gasteiger partial charge in [0.25, 0.3) is 5.78 Å². The summed E-state index contributed by atoms with van der Waals surface area (Å²) in [6.07, 6.45) is 0. The molecule has 180 valence electrons. The lowest BCUT2D eigenvalue weighted by molar-refractivity contribution is -0.132. The molecule has 3 heterocycles. The number of aliphatic hydroxyl groups is 1. The zero-order valence-electron chi connectivity index (χ0n) is 19.0. The van der Waals surface area contributed by atoms with Gasteiger partial charge < -0.3 is 14.6 Å². The highest BCUT2D eigenvalue weighted by Crippen LogP contribution is 2.45.